The van der Waals surface area contributed by atoms with Crippen LogP contribution in [0.25, 0.3) is 0 Å². The number of carbonyl (C=O) groups is 1. The van der Waals surface area contributed by atoms with Crippen LogP contribution in [0.4, 0.5) is 11.4 Å². The Morgan fingerprint density at radius 3 is 2.72 bits per heavy atom. The predicted molar refractivity (Wildman–Crippen MR) is 114 cm³/mol. The lowest BCUT2D eigenvalue weighted by molar-refractivity contribution is -0.310. The van der Waals surface area contributed by atoms with Gasteiger partial charge in [-0.05, 0) is 74.3 Å². The van der Waals surface area contributed by atoms with Crippen LogP contribution >= 0.6 is 11.6 Å². The van der Waals surface area contributed by atoms with Crippen molar-refractivity contribution in [1.29, 1.82) is 0 Å². The smallest absolute Gasteiger partial charge is 0.288 e. The van der Waals surface area contributed by atoms with Crippen molar-refractivity contribution in [1.82, 2.24) is 9.78 Å². The van der Waals surface area contributed by atoms with Gasteiger partial charge in [-0.25, -0.2) is 4.68 Å². The minimum Gasteiger partial charge on any atom is -0.550 e. The van der Waals surface area contributed by atoms with Gasteiger partial charge in [-0.3, -0.25) is 4.79 Å². The van der Waals surface area contributed by atoms with Gasteiger partial charge in [0, 0.05) is 17.7 Å². The molecule has 2 unspecified atom stereocenters. The molecule has 1 aliphatic heterocycles. The van der Waals surface area contributed by atoms with Crippen molar-refractivity contribution in [2.24, 2.45) is 17.3 Å². The topological polar surface area (TPSA) is 106 Å². The summed E-state index contributed by atoms with van der Waals surface area (Å²) >= 11 is 6.53. The zero-order valence-corrected chi connectivity index (χ0v) is 18.2. The Morgan fingerprint density at radius 2 is 1.97 bits per heavy atom. The van der Waals surface area contributed by atoms with Crippen LogP contribution in [0, 0.1) is 17.3 Å². The zero-order valence-electron chi connectivity index (χ0n) is 17.4. The molecule has 7 rings (SSSR count). The van der Waals surface area contributed by atoms with Gasteiger partial charge in [-0.2, -0.15) is 5.10 Å². The van der Waals surface area contributed by atoms with E-state index < -0.39 is 11.5 Å². The van der Waals surface area contributed by atoms with Gasteiger partial charge >= 0.3 is 0 Å². The van der Waals surface area contributed by atoms with Crippen LogP contribution in [0.1, 0.15) is 44.9 Å². The van der Waals surface area contributed by atoms with E-state index in [0.717, 1.165) is 32.1 Å². The van der Waals surface area contributed by atoms with Crippen molar-refractivity contribution < 1.29 is 19.4 Å². The molecular weight excluding hydrogens is 434 g/mol. The normalized spacial score (nSPS) is 31.7. The molecule has 2 aromatic rings. The van der Waals surface area contributed by atoms with Crippen LogP contribution in [-0.2, 0) is 10.3 Å². The lowest BCUT2D eigenvalue weighted by Crippen LogP contribution is -2.60. The number of hydrogen-bond acceptors (Lipinski definition) is 7. The Kier molecular flexibility index (Phi) is 4.28. The number of nitrogens with zero attached hydrogens (tertiary/aromatic N) is 2. The first-order valence-electron chi connectivity index (χ1n) is 11.0. The Hall–Kier alpha value is -2.74. The van der Waals surface area contributed by atoms with E-state index in [1.807, 2.05) is 6.07 Å². The Bertz CT molecular complexity index is 1160. The highest BCUT2D eigenvalue weighted by Gasteiger charge is 2.59. The molecule has 168 valence electrons. The maximum absolute atomic E-state index is 13.4. The van der Waals surface area contributed by atoms with Crippen LogP contribution in [0.15, 0.2) is 29.2 Å². The van der Waals surface area contributed by atoms with Crippen molar-refractivity contribution in [3.8, 4) is 11.5 Å². The molecule has 4 bridgehead atoms. The number of nitrogens with one attached hydrogen (secondary N) is 1. The molecule has 32 heavy (non-hydrogen) atoms. The van der Waals surface area contributed by atoms with Crippen LogP contribution in [0.2, 0.25) is 5.02 Å². The third kappa shape index (κ3) is 3.07. The fraction of sp³-hybridized carbons (Fsp3) is 0.522. The molecular formula is C23H23ClN3O5-. The molecule has 0 spiro atoms. The lowest BCUT2D eigenvalue weighted by atomic mass is 9.46. The number of benzene rings is 1. The zero-order chi connectivity index (χ0) is 22.1. The second-order valence-electron chi connectivity index (χ2n) is 10.0. The minimum absolute atomic E-state index is 0.0496. The summed E-state index contributed by atoms with van der Waals surface area (Å²) in [6, 6.07) is 5.39. The standard InChI is InChI=1S/C23H24ClN3O5/c24-20-16(26-15-1-2-17-18(4-15)32-12-31-17)10-25-27(21(20)30)23-7-13-3-14(8-23)6-22(5-13,11-23)9-19(28)29/h1-2,4,10,13-14,26H,3,5-9,11-12H2,(H,28,29)/p-1/t13-,14+,22?,23?. The average molecular weight is 457 g/mol. The van der Waals surface area contributed by atoms with Crippen molar-refractivity contribution >= 4 is 28.9 Å². The largest absolute Gasteiger partial charge is 0.550 e. The monoisotopic (exact) mass is 456 g/mol. The molecule has 1 aromatic heterocycles. The first-order chi connectivity index (χ1) is 15.3. The van der Waals surface area contributed by atoms with Crippen LogP contribution < -0.4 is 25.5 Å². The highest BCUT2D eigenvalue weighted by molar-refractivity contribution is 6.33. The molecule has 4 fully saturated rings. The molecule has 4 atom stereocenters. The molecule has 0 saturated heterocycles. The van der Waals surface area contributed by atoms with E-state index in [0.29, 0.717) is 41.1 Å². The lowest BCUT2D eigenvalue weighted by Gasteiger charge is -2.62. The van der Waals surface area contributed by atoms with E-state index in [4.69, 9.17) is 21.1 Å². The van der Waals surface area contributed by atoms with Crippen LogP contribution in [-0.4, -0.2) is 22.5 Å². The Labute approximate surface area is 189 Å². The number of ether oxygens (including phenoxy) is 2. The van der Waals surface area contributed by atoms with Crippen LogP contribution in [0.3, 0.4) is 0 Å². The minimum atomic E-state index is -1.01. The van der Waals surface area contributed by atoms with Gasteiger partial charge in [0.05, 0.1) is 17.4 Å². The SMILES string of the molecule is O=C([O-])CC12C[C@H]3C[C@@H](C1)CC(n1ncc(Nc4ccc5c(c4)OCO5)c(Cl)c1=O)(C3)C2. The number of halogens is 1. The number of carboxylic acid groups (broad SMARTS) is 1. The maximum atomic E-state index is 13.4. The number of anilines is 2. The van der Waals surface area contributed by atoms with Gasteiger partial charge in [0.25, 0.3) is 5.56 Å². The molecule has 0 amide bonds. The van der Waals surface area contributed by atoms with Crippen molar-refractivity contribution in [3.63, 3.8) is 0 Å². The van der Waals surface area contributed by atoms with Gasteiger partial charge in [0.2, 0.25) is 6.79 Å². The highest BCUT2D eigenvalue weighted by Crippen LogP contribution is 2.64. The van der Waals surface area contributed by atoms with Crippen molar-refractivity contribution in [3.05, 3.63) is 39.8 Å². The molecule has 9 heteroatoms. The number of carbonyl (C=O) groups excluding carboxylic acids is 1. The summed E-state index contributed by atoms with van der Waals surface area (Å²) in [5.41, 5.74) is -0.000916. The van der Waals surface area contributed by atoms with Gasteiger partial charge in [0.1, 0.15) is 5.02 Å². The van der Waals surface area contributed by atoms with Gasteiger partial charge in [0.15, 0.2) is 11.5 Å². The van der Waals surface area contributed by atoms with E-state index in [9.17, 15) is 14.7 Å². The van der Waals surface area contributed by atoms with E-state index in [2.05, 4.69) is 10.4 Å². The number of fused-ring (bicyclic) bond motifs is 1. The van der Waals surface area contributed by atoms with E-state index >= 15 is 0 Å². The number of rotatable bonds is 5. The quantitative estimate of drug-likeness (QED) is 0.737. The first kappa shape index (κ1) is 19.9. The Morgan fingerprint density at radius 1 is 1.22 bits per heavy atom. The number of aliphatic carboxylic acids is 1. The van der Waals surface area contributed by atoms with Crippen LogP contribution in [0.5, 0.6) is 11.5 Å². The summed E-state index contributed by atoms with van der Waals surface area (Å²) in [6.07, 6.45) is 6.85. The Balaban J connectivity index is 1.33. The number of hydrogen-bond donors (Lipinski definition) is 1. The first-order valence-corrected chi connectivity index (χ1v) is 11.4. The third-order valence-electron chi connectivity index (χ3n) is 7.69. The van der Waals surface area contributed by atoms with E-state index in [1.54, 1.807) is 23.0 Å². The van der Waals surface area contributed by atoms with Gasteiger partial charge < -0.3 is 24.7 Å². The van der Waals surface area contributed by atoms with E-state index in [-0.39, 0.29) is 29.2 Å². The summed E-state index contributed by atoms with van der Waals surface area (Å²) in [5, 5.41) is 19.3. The summed E-state index contributed by atoms with van der Waals surface area (Å²) in [6.45, 7) is 0.181. The average Bonchev–Trinajstić information content (AvgIpc) is 3.17. The second kappa shape index (κ2) is 6.88. The van der Waals surface area contributed by atoms with Crippen molar-refractivity contribution in [2.75, 3.05) is 12.1 Å². The second-order valence-corrected chi connectivity index (χ2v) is 10.4. The van der Waals surface area contributed by atoms with Crippen molar-refractivity contribution in [2.45, 2.75) is 50.5 Å². The molecule has 1 N–H and O–H groups in total. The summed E-state index contributed by atoms with van der Waals surface area (Å²) in [4.78, 5) is 24.9. The van der Waals surface area contributed by atoms with Gasteiger partial charge in [-0.15, -0.1) is 0 Å². The summed E-state index contributed by atoms with van der Waals surface area (Å²) < 4.78 is 12.3. The number of carboxylic acids is 1. The fourth-order valence-corrected chi connectivity index (χ4v) is 7.33. The molecule has 4 saturated carbocycles. The molecule has 0 radical (unpaired) electrons. The van der Waals surface area contributed by atoms with E-state index in [1.165, 1.54) is 0 Å². The molecule has 1 aromatic carbocycles. The third-order valence-corrected chi connectivity index (χ3v) is 8.06. The summed E-state index contributed by atoms with van der Waals surface area (Å²) in [5.74, 6) is 1.11. The molecule has 2 heterocycles. The molecule has 8 nitrogen and oxygen atoms in total. The maximum Gasteiger partial charge on any atom is 0.288 e. The number of aromatic nitrogens is 2. The fourth-order valence-electron chi connectivity index (χ4n) is 7.15. The predicted octanol–water partition coefficient (Wildman–Crippen LogP) is 2.80. The highest BCUT2D eigenvalue weighted by atomic mass is 35.5. The molecule has 4 aliphatic carbocycles. The molecule has 5 aliphatic rings. The van der Waals surface area contributed by atoms with Gasteiger partial charge in [-0.1, -0.05) is 11.6 Å². The summed E-state index contributed by atoms with van der Waals surface area (Å²) in [7, 11) is 0.